The minimum atomic E-state index is -2.68. The number of carbonyl (C=O) groups excluding carboxylic acids is 3. The molecule has 188 valence electrons. The van der Waals surface area contributed by atoms with Gasteiger partial charge in [-0.3, -0.25) is 14.4 Å². The SMILES string of the molecule is CC(=O)OCC(=O)[C@@]1(OC(C)(O)O)CCC2C3CCC4=CC(=O)C=CC4(C)[C@@]3(F)C(O)CC21C. The van der Waals surface area contributed by atoms with Crippen molar-refractivity contribution in [3.63, 3.8) is 0 Å². The predicted molar refractivity (Wildman–Crippen MR) is 117 cm³/mol. The van der Waals surface area contributed by atoms with Crippen LogP contribution in [0.1, 0.15) is 59.8 Å². The van der Waals surface area contributed by atoms with Gasteiger partial charge in [-0.25, -0.2) is 4.39 Å². The molecule has 0 amide bonds. The van der Waals surface area contributed by atoms with Crippen LogP contribution in [0, 0.1) is 22.7 Å². The third-order valence-corrected chi connectivity index (χ3v) is 8.99. The molecule has 4 aliphatic carbocycles. The second kappa shape index (κ2) is 7.78. The fourth-order valence-corrected chi connectivity index (χ4v) is 7.49. The van der Waals surface area contributed by atoms with Crippen molar-refractivity contribution in [2.75, 3.05) is 6.61 Å². The number of carbonyl (C=O) groups is 3. The Morgan fingerprint density at radius 1 is 1.24 bits per heavy atom. The number of alkyl halides is 1. The molecule has 4 aliphatic rings. The summed E-state index contributed by atoms with van der Waals surface area (Å²) in [6.45, 7) is 4.90. The van der Waals surface area contributed by atoms with Crippen LogP contribution in [0.15, 0.2) is 23.8 Å². The first kappa shape index (κ1) is 25.2. The van der Waals surface area contributed by atoms with Gasteiger partial charge in [-0.1, -0.05) is 18.6 Å². The highest BCUT2D eigenvalue weighted by atomic mass is 19.1. The molecule has 3 saturated carbocycles. The Morgan fingerprint density at radius 2 is 1.91 bits per heavy atom. The lowest BCUT2D eigenvalue weighted by molar-refractivity contribution is -0.376. The van der Waals surface area contributed by atoms with E-state index in [2.05, 4.69) is 0 Å². The van der Waals surface area contributed by atoms with Crippen LogP contribution in [0.4, 0.5) is 4.39 Å². The van der Waals surface area contributed by atoms with Crippen LogP contribution in [-0.4, -0.2) is 62.8 Å². The molecule has 8 nitrogen and oxygen atoms in total. The lowest BCUT2D eigenvalue weighted by atomic mass is 9.44. The molecular formula is C25H33FO8. The average molecular weight is 481 g/mol. The number of Topliss-reactive ketones (excluding diaryl/α,β-unsaturated/α-hetero) is 1. The fraction of sp³-hybridized carbons (Fsp3) is 0.720. The van der Waals surface area contributed by atoms with Crippen LogP contribution in [-0.2, 0) is 23.9 Å². The van der Waals surface area contributed by atoms with E-state index in [1.165, 1.54) is 12.2 Å². The summed E-state index contributed by atoms with van der Waals surface area (Å²) in [7, 11) is 0. The summed E-state index contributed by atoms with van der Waals surface area (Å²) in [5.74, 6) is -5.33. The number of aliphatic hydroxyl groups is 3. The molecule has 3 N–H and O–H groups in total. The number of allylic oxidation sites excluding steroid dienone is 4. The minimum absolute atomic E-state index is 0.0536. The molecule has 0 aromatic rings. The molecule has 0 heterocycles. The highest BCUT2D eigenvalue weighted by Gasteiger charge is 2.75. The smallest absolute Gasteiger partial charge is 0.303 e. The van der Waals surface area contributed by atoms with Crippen LogP contribution in [0.2, 0.25) is 0 Å². The van der Waals surface area contributed by atoms with E-state index < -0.39 is 64.4 Å². The Balaban J connectivity index is 1.79. The molecule has 7 atom stereocenters. The van der Waals surface area contributed by atoms with Crippen molar-refractivity contribution in [2.45, 2.75) is 83.1 Å². The van der Waals surface area contributed by atoms with Gasteiger partial charge in [-0.2, -0.15) is 0 Å². The van der Waals surface area contributed by atoms with Crippen LogP contribution in [0.25, 0.3) is 0 Å². The van der Waals surface area contributed by atoms with E-state index in [0.717, 1.165) is 13.8 Å². The number of halogens is 1. The Hall–Kier alpha value is -1.94. The van der Waals surface area contributed by atoms with Gasteiger partial charge < -0.3 is 24.8 Å². The van der Waals surface area contributed by atoms with Gasteiger partial charge in [0.2, 0.25) is 5.78 Å². The molecule has 0 saturated heterocycles. The van der Waals surface area contributed by atoms with Gasteiger partial charge in [0, 0.05) is 30.6 Å². The van der Waals surface area contributed by atoms with Crippen molar-refractivity contribution >= 4 is 17.5 Å². The lowest BCUT2D eigenvalue weighted by Gasteiger charge is -2.63. The quantitative estimate of drug-likeness (QED) is 0.402. The van der Waals surface area contributed by atoms with E-state index in [1.54, 1.807) is 19.9 Å². The topological polar surface area (TPSA) is 130 Å². The molecule has 0 bridgehead atoms. The van der Waals surface area contributed by atoms with Crippen molar-refractivity contribution in [1.82, 2.24) is 0 Å². The highest BCUT2D eigenvalue weighted by molar-refractivity contribution is 6.01. The van der Waals surface area contributed by atoms with Gasteiger partial charge in [-0.15, -0.1) is 0 Å². The maximum atomic E-state index is 17.2. The Labute approximate surface area is 197 Å². The van der Waals surface area contributed by atoms with Gasteiger partial charge in [0.1, 0.15) is 5.60 Å². The second-order valence-electron chi connectivity index (χ2n) is 10.9. The summed E-state index contributed by atoms with van der Waals surface area (Å²) >= 11 is 0. The molecule has 5 unspecified atom stereocenters. The highest BCUT2D eigenvalue weighted by Crippen LogP contribution is 2.70. The normalized spacial score (nSPS) is 43.5. The zero-order valence-corrected chi connectivity index (χ0v) is 20.0. The fourth-order valence-electron chi connectivity index (χ4n) is 7.49. The number of hydrogen-bond donors (Lipinski definition) is 3. The zero-order chi connectivity index (χ0) is 25.3. The molecule has 34 heavy (non-hydrogen) atoms. The number of ketones is 2. The first-order chi connectivity index (χ1) is 15.6. The van der Waals surface area contributed by atoms with E-state index in [-0.39, 0.29) is 18.6 Å². The summed E-state index contributed by atoms with van der Waals surface area (Å²) < 4.78 is 27.7. The van der Waals surface area contributed by atoms with Crippen LogP contribution in [0.5, 0.6) is 0 Å². The van der Waals surface area contributed by atoms with Crippen LogP contribution in [0.3, 0.4) is 0 Å². The molecule has 0 aliphatic heterocycles. The predicted octanol–water partition coefficient (Wildman–Crippen LogP) is 1.90. The Kier molecular flexibility index (Phi) is 5.76. The number of aliphatic hydroxyl groups excluding tert-OH is 1. The number of rotatable bonds is 5. The van der Waals surface area contributed by atoms with Crippen molar-refractivity contribution in [2.24, 2.45) is 22.7 Å². The standard InChI is InChI=1S/C25H33FO8/c1-14(27)33-13-20(30)24(34-23(4,31)32)10-8-17-18-6-5-15-11-16(28)7-9-21(15,2)25(18,26)19(29)12-22(17,24)3/h7,9,11,17-19,29,31-32H,5-6,8,10,12-13H2,1-4H3/t17?,18?,19?,21?,22?,24-,25-/m0/s1. The molecule has 3 fully saturated rings. The van der Waals surface area contributed by atoms with Crippen molar-refractivity contribution < 1.29 is 43.6 Å². The number of hydrogen-bond acceptors (Lipinski definition) is 8. The largest absolute Gasteiger partial charge is 0.458 e. The van der Waals surface area contributed by atoms with Crippen molar-refractivity contribution in [3.05, 3.63) is 23.8 Å². The summed E-state index contributed by atoms with van der Waals surface area (Å²) in [5.41, 5.74) is -5.59. The van der Waals surface area contributed by atoms with E-state index in [0.29, 0.717) is 24.8 Å². The summed E-state index contributed by atoms with van der Waals surface area (Å²) in [6.07, 6.45) is 3.86. The molecular weight excluding hydrogens is 447 g/mol. The van der Waals surface area contributed by atoms with E-state index in [4.69, 9.17) is 9.47 Å². The second-order valence-corrected chi connectivity index (χ2v) is 10.9. The molecule has 0 spiro atoms. The maximum Gasteiger partial charge on any atom is 0.303 e. The summed E-state index contributed by atoms with van der Waals surface area (Å²) in [5, 5.41) is 31.6. The first-order valence-corrected chi connectivity index (χ1v) is 11.7. The molecule has 9 heteroatoms. The minimum Gasteiger partial charge on any atom is -0.458 e. The van der Waals surface area contributed by atoms with Crippen molar-refractivity contribution in [1.29, 1.82) is 0 Å². The third-order valence-electron chi connectivity index (χ3n) is 8.99. The lowest BCUT2D eigenvalue weighted by Crippen LogP contribution is -2.70. The molecule has 4 rings (SSSR count). The molecule has 0 aromatic heterocycles. The maximum absolute atomic E-state index is 17.2. The van der Waals surface area contributed by atoms with E-state index in [1.807, 2.05) is 0 Å². The number of ether oxygens (including phenoxy) is 2. The van der Waals surface area contributed by atoms with Crippen LogP contribution >= 0.6 is 0 Å². The average Bonchev–Trinajstić information content (AvgIpc) is 2.99. The Morgan fingerprint density at radius 3 is 2.53 bits per heavy atom. The van der Waals surface area contributed by atoms with E-state index in [9.17, 15) is 29.7 Å². The zero-order valence-electron chi connectivity index (χ0n) is 20.0. The number of fused-ring (bicyclic) bond motifs is 5. The van der Waals surface area contributed by atoms with Gasteiger partial charge in [-0.05, 0) is 57.1 Å². The summed E-state index contributed by atoms with van der Waals surface area (Å²) in [6, 6.07) is 0. The van der Waals surface area contributed by atoms with Gasteiger partial charge in [0.15, 0.2) is 18.1 Å². The van der Waals surface area contributed by atoms with Gasteiger partial charge in [0.05, 0.1) is 6.10 Å². The van der Waals surface area contributed by atoms with Crippen molar-refractivity contribution in [3.8, 4) is 0 Å². The first-order valence-electron chi connectivity index (χ1n) is 11.7. The monoisotopic (exact) mass is 480 g/mol. The summed E-state index contributed by atoms with van der Waals surface area (Å²) in [4.78, 5) is 36.7. The molecule has 0 aromatic carbocycles. The van der Waals surface area contributed by atoms with E-state index >= 15 is 4.39 Å². The third kappa shape index (κ3) is 3.35. The van der Waals surface area contributed by atoms with Crippen LogP contribution < -0.4 is 0 Å². The van der Waals surface area contributed by atoms with Gasteiger partial charge >= 0.3 is 5.97 Å². The Bertz CT molecular complexity index is 982. The molecule has 0 radical (unpaired) electrons. The van der Waals surface area contributed by atoms with Gasteiger partial charge in [0.25, 0.3) is 5.97 Å². The number of esters is 1.